The number of hydrogen-bond donors (Lipinski definition) is 1. The van der Waals surface area contributed by atoms with E-state index in [9.17, 15) is 0 Å². The first kappa shape index (κ1) is 11.7. The summed E-state index contributed by atoms with van der Waals surface area (Å²) in [7, 11) is 1.71. The highest BCUT2D eigenvalue weighted by molar-refractivity contribution is 6.30. The molecule has 16 heavy (non-hydrogen) atoms. The Labute approximate surface area is 102 Å². The third-order valence-electron chi connectivity index (χ3n) is 3.72. The van der Waals surface area contributed by atoms with Gasteiger partial charge in [0.05, 0.1) is 7.11 Å². The van der Waals surface area contributed by atoms with Crippen molar-refractivity contribution in [2.24, 2.45) is 5.73 Å². The van der Waals surface area contributed by atoms with E-state index in [0.29, 0.717) is 6.54 Å². The number of benzene rings is 1. The van der Waals surface area contributed by atoms with Crippen LogP contribution >= 0.6 is 11.6 Å². The van der Waals surface area contributed by atoms with Gasteiger partial charge in [0.25, 0.3) is 0 Å². The molecule has 0 spiro atoms. The van der Waals surface area contributed by atoms with E-state index in [4.69, 9.17) is 22.1 Å². The van der Waals surface area contributed by atoms with Crippen molar-refractivity contribution in [1.29, 1.82) is 0 Å². The molecule has 0 heterocycles. The van der Waals surface area contributed by atoms with Gasteiger partial charge in [-0.05, 0) is 37.5 Å². The van der Waals surface area contributed by atoms with E-state index in [1.54, 1.807) is 7.11 Å². The van der Waals surface area contributed by atoms with Crippen LogP contribution in [0.2, 0.25) is 5.02 Å². The van der Waals surface area contributed by atoms with Gasteiger partial charge in [-0.15, -0.1) is 0 Å². The Hall–Kier alpha value is -0.730. The Kier molecular flexibility index (Phi) is 3.13. The van der Waals surface area contributed by atoms with Gasteiger partial charge in [-0.1, -0.05) is 18.0 Å². The summed E-state index contributed by atoms with van der Waals surface area (Å²) in [6, 6.07) is 3.95. The number of halogens is 1. The molecular formula is C13H18ClNO. The topological polar surface area (TPSA) is 35.2 Å². The number of hydrogen-bond acceptors (Lipinski definition) is 2. The van der Waals surface area contributed by atoms with Gasteiger partial charge in [0.2, 0.25) is 0 Å². The lowest BCUT2D eigenvalue weighted by Crippen LogP contribution is -2.41. The van der Waals surface area contributed by atoms with Crippen molar-refractivity contribution in [3.05, 3.63) is 28.3 Å². The predicted octanol–water partition coefficient (Wildman–Crippen LogP) is 3.04. The van der Waals surface area contributed by atoms with Gasteiger partial charge >= 0.3 is 0 Å². The highest BCUT2D eigenvalue weighted by atomic mass is 35.5. The van der Waals surface area contributed by atoms with E-state index in [1.165, 1.54) is 12.0 Å². The number of methoxy groups -OCH3 is 1. The van der Waals surface area contributed by atoms with Crippen molar-refractivity contribution in [3.8, 4) is 5.75 Å². The van der Waals surface area contributed by atoms with Crippen LogP contribution in [-0.2, 0) is 5.41 Å². The first-order valence-corrected chi connectivity index (χ1v) is 6.05. The standard InChI is InChI=1S/C13H18ClNO/c1-9-6-10(14)7-11(12(9)16-2)13(8-15)4-3-5-13/h6-7H,3-5,8,15H2,1-2H3. The molecule has 1 saturated carbocycles. The van der Waals surface area contributed by atoms with Gasteiger partial charge in [-0.3, -0.25) is 0 Å². The zero-order chi connectivity index (χ0) is 11.8. The summed E-state index contributed by atoms with van der Waals surface area (Å²) in [5, 5.41) is 0.771. The smallest absolute Gasteiger partial charge is 0.125 e. The molecule has 88 valence electrons. The summed E-state index contributed by atoms with van der Waals surface area (Å²) < 4.78 is 5.50. The van der Waals surface area contributed by atoms with E-state index in [0.717, 1.165) is 29.2 Å². The molecule has 3 heteroatoms. The van der Waals surface area contributed by atoms with Crippen molar-refractivity contribution in [3.63, 3.8) is 0 Å². The number of aryl methyl sites for hydroxylation is 1. The molecule has 1 fully saturated rings. The van der Waals surface area contributed by atoms with E-state index in [2.05, 4.69) is 0 Å². The maximum absolute atomic E-state index is 6.13. The minimum atomic E-state index is 0.0982. The van der Waals surface area contributed by atoms with Crippen LogP contribution in [0.25, 0.3) is 0 Å². The highest BCUT2D eigenvalue weighted by Crippen LogP contribution is 2.48. The molecular weight excluding hydrogens is 222 g/mol. The first-order valence-electron chi connectivity index (χ1n) is 5.67. The molecule has 1 aromatic carbocycles. The van der Waals surface area contributed by atoms with Gasteiger partial charge < -0.3 is 10.5 Å². The fourth-order valence-corrected chi connectivity index (χ4v) is 2.85. The van der Waals surface area contributed by atoms with Crippen LogP contribution in [0, 0.1) is 6.92 Å². The summed E-state index contributed by atoms with van der Waals surface area (Å²) in [6.45, 7) is 2.69. The van der Waals surface area contributed by atoms with Gasteiger partial charge in [0.15, 0.2) is 0 Å². The van der Waals surface area contributed by atoms with Crippen molar-refractivity contribution < 1.29 is 4.74 Å². The quantitative estimate of drug-likeness (QED) is 0.880. The molecule has 0 bridgehead atoms. The third-order valence-corrected chi connectivity index (χ3v) is 3.93. The Balaban J connectivity index is 2.53. The van der Waals surface area contributed by atoms with Gasteiger partial charge in [-0.25, -0.2) is 0 Å². The monoisotopic (exact) mass is 239 g/mol. The number of rotatable bonds is 3. The van der Waals surface area contributed by atoms with Gasteiger partial charge in [-0.2, -0.15) is 0 Å². The molecule has 2 rings (SSSR count). The summed E-state index contributed by atoms with van der Waals surface area (Å²) >= 11 is 6.13. The largest absolute Gasteiger partial charge is 0.496 e. The molecule has 2 N–H and O–H groups in total. The van der Waals surface area contributed by atoms with Crippen LogP contribution < -0.4 is 10.5 Å². The van der Waals surface area contributed by atoms with Crippen LogP contribution in [0.15, 0.2) is 12.1 Å². The Morgan fingerprint density at radius 3 is 2.56 bits per heavy atom. The molecule has 0 unspecified atom stereocenters. The Morgan fingerprint density at radius 2 is 2.12 bits per heavy atom. The number of ether oxygens (including phenoxy) is 1. The fourth-order valence-electron chi connectivity index (χ4n) is 2.58. The second kappa shape index (κ2) is 4.27. The molecule has 0 amide bonds. The number of nitrogens with two attached hydrogens (primary N) is 1. The molecule has 0 radical (unpaired) electrons. The zero-order valence-corrected chi connectivity index (χ0v) is 10.6. The van der Waals surface area contributed by atoms with Crippen LogP contribution in [0.5, 0.6) is 5.75 Å². The molecule has 1 aromatic rings. The van der Waals surface area contributed by atoms with Gasteiger partial charge in [0.1, 0.15) is 5.75 Å². The van der Waals surface area contributed by atoms with E-state index < -0.39 is 0 Å². The summed E-state index contributed by atoms with van der Waals surface area (Å²) in [4.78, 5) is 0. The summed E-state index contributed by atoms with van der Waals surface area (Å²) in [5.74, 6) is 0.953. The maximum atomic E-state index is 6.13. The van der Waals surface area contributed by atoms with Crippen molar-refractivity contribution in [1.82, 2.24) is 0 Å². The SMILES string of the molecule is COc1c(C)cc(Cl)cc1C1(CN)CCC1. The van der Waals surface area contributed by atoms with E-state index >= 15 is 0 Å². The van der Waals surface area contributed by atoms with Crippen LogP contribution in [-0.4, -0.2) is 13.7 Å². The summed E-state index contributed by atoms with van der Waals surface area (Å²) in [6.07, 6.45) is 3.52. The Bertz CT molecular complexity index is 394. The van der Waals surface area contributed by atoms with Crippen molar-refractivity contribution in [2.45, 2.75) is 31.6 Å². The minimum Gasteiger partial charge on any atom is -0.496 e. The molecule has 2 nitrogen and oxygen atoms in total. The van der Waals surface area contributed by atoms with Crippen molar-refractivity contribution >= 4 is 11.6 Å². The van der Waals surface area contributed by atoms with Gasteiger partial charge in [0, 0.05) is 22.5 Å². The molecule has 0 aromatic heterocycles. The van der Waals surface area contributed by atoms with E-state index in [-0.39, 0.29) is 5.41 Å². The lowest BCUT2D eigenvalue weighted by molar-refractivity contribution is 0.243. The average molecular weight is 240 g/mol. The second-order valence-corrected chi connectivity index (χ2v) is 5.08. The fraction of sp³-hybridized carbons (Fsp3) is 0.538. The van der Waals surface area contributed by atoms with Crippen LogP contribution in [0.3, 0.4) is 0 Å². The molecule has 1 aliphatic rings. The highest BCUT2D eigenvalue weighted by Gasteiger charge is 2.39. The van der Waals surface area contributed by atoms with Crippen LogP contribution in [0.1, 0.15) is 30.4 Å². The minimum absolute atomic E-state index is 0.0982. The lowest BCUT2D eigenvalue weighted by Gasteiger charge is -2.42. The molecule has 0 aliphatic heterocycles. The summed E-state index contributed by atoms with van der Waals surface area (Å²) in [5.41, 5.74) is 8.30. The lowest BCUT2D eigenvalue weighted by atomic mass is 9.64. The Morgan fingerprint density at radius 1 is 1.44 bits per heavy atom. The normalized spacial score (nSPS) is 18.0. The zero-order valence-electron chi connectivity index (χ0n) is 9.85. The third kappa shape index (κ3) is 1.70. The van der Waals surface area contributed by atoms with E-state index in [1.807, 2.05) is 19.1 Å². The predicted molar refractivity (Wildman–Crippen MR) is 67.3 cm³/mol. The van der Waals surface area contributed by atoms with Crippen molar-refractivity contribution in [2.75, 3.05) is 13.7 Å². The average Bonchev–Trinajstić information content (AvgIpc) is 2.16. The maximum Gasteiger partial charge on any atom is 0.125 e. The molecule has 0 saturated heterocycles. The first-order chi connectivity index (χ1) is 7.63. The second-order valence-electron chi connectivity index (χ2n) is 4.64. The molecule has 0 atom stereocenters. The van der Waals surface area contributed by atoms with Crippen LogP contribution in [0.4, 0.5) is 0 Å². The molecule has 1 aliphatic carbocycles.